The number of nitrogens with one attached hydrogen (secondary N) is 1. The summed E-state index contributed by atoms with van der Waals surface area (Å²) >= 11 is 0. The smallest absolute Gasteiger partial charge is 0.320 e. The van der Waals surface area contributed by atoms with Crippen LogP contribution in [0.3, 0.4) is 0 Å². The summed E-state index contributed by atoms with van der Waals surface area (Å²) in [4.78, 5) is 32.4. The molecule has 0 unspecified atom stereocenters. The first kappa shape index (κ1) is 21.4. The minimum atomic E-state index is -0.163. The number of aromatic amines is 1. The summed E-state index contributed by atoms with van der Waals surface area (Å²) < 4.78 is 5.22. The summed E-state index contributed by atoms with van der Waals surface area (Å²) in [7, 11) is 1.62. The van der Waals surface area contributed by atoms with Crippen molar-refractivity contribution in [2.24, 2.45) is 0 Å². The monoisotopic (exact) mass is 407 g/mol. The van der Waals surface area contributed by atoms with E-state index in [2.05, 4.69) is 4.98 Å². The number of ether oxygens (including phenoxy) is 1. The molecule has 30 heavy (non-hydrogen) atoms. The zero-order chi connectivity index (χ0) is 21.7. The number of methoxy groups -OCH3 is 1. The zero-order valence-corrected chi connectivity index (χ0v) is 18.1. The quantitative estimate of drug-likeness (QED) is 0.635. The summed E-state index contributed by atoms with van der Waals surface area (Å²) in [6, 6.07) is 15.3. The number of fused-ring (bicyclic) bond motifs is 1. The second kappa shape index (κ2) is 9.48. The average Bonchev–Trinajstić information content (AvgIpc) is 2.75. The lowest BCUT2D eigenvalue weighted by Gasteiger charge is -2.29. The number of benzene rings is 2. The van der Waals surface area contributed by atoms with Crippen LogP contribution in [0.2, 0.25) is 0 Å². The largest absolute Gasteiger partial charge is 0.497 e. The van der Waals surface area contributed by atoms with Crippen LogP contribution in [0.15, 0.2) is 53.3 Å². The molecule has 0 spiro atoms. The minimum Gasteiger partial charge on any atom is -0.497 e. The first-order valence-electron chi connectivity index (χ1n) is 10.2. The number of amides is 2. The number of aryl methyl sites for hydroxylation is 1. The SMILES string of the molecule is CCN(CC)C(=O)N(Cc1ccc(OC)cc1)Cc1cc2cccc(C)c2[nH]c1=O. The molecule has 0 fully saturated rings. The van der Waals surface area contributed by atoms with Crippen LogP contribution in [-0.2, 0) is 13.1 Å². The van der Waals surface area contributed by atoms with E-state index in [4.69, 9.17) is 4.74 Å². The predicted molar refractivity (Wildman–Crippen MR) is 120 cm³/mol. The van der Waals surface area contributed by atoms with Gasteiger partial charge in [0, 0.05) is 25.2 Å². The number of hydrogen-bond acceptors (Lipinski definition) is 3. The van der Waals surface area contributed by atoms with Crippen LogP contribution in [0.5, 0.6) is 5.75 Å². The Labute approximate surface area is 177 Å². The standard InChI is InChI=1S/C24H29N3O3/c1-5-26(6-2)24(29)27(15-18-10-12-21(30-4)13-11-18)16-20-14-19-9-7-8-17(3)22(19)25-23(20)28/h7-14H,5-6,15-16H2,1-4H3,(H,25,28). The predicted octanol–water partition coefficient (Wildman–Crippen LogP) is 4.31. The van der Waals surface area contributed by atoms with Gasteiger partial charge in [-0.1, -0.05) is 30.3 Å². The van der Waals surface area contributed by atoms with E-state index in [9.17, 15) is 9.59 Å². The van der Waals surface area contributed by atoms with Gasteiger partial charge < -0.3 is 19.5 Å². The fraction of sp³-hybridized carbons (Fsp3) is 0.333. The third-order valence-corrected chi connectivity index (χ3v) is 5.36. The van der Waals surface area contributed by atoms with Gasteiger partial charge in [-0.05, 0) is 55.5 Å². The molecule has 0 bridgehead atoms. The summed E-state index contributed by atoms with van der Waals surface area (Å²) in [6.45, 7) is 7.75. The van der Waals surface area contributed by atoms with Crippen molar-refractivity contribution in [3.05, 3.63) is 75.6 Å². The molecule has 0 radical (unpaired) electrons. The lowest BCUT2D eigenvalue weighted by molar-refractivity contribution is 0.151. The number of rotatable bonds is 7. The number of pyridine rings is 1. The van der Waals surface area contributed by atoms with E-state index in [1.165, 1.54) is 0 Å². The number of nitrogens with zero attached hydrogens (tertiary/aromatic N) is 2. The molecule has 2 aromatic carbocycles. The van der Waals surface area contributed by atoms with Gasteiger partial charge in [0.15, 0.2) is 0 Å². The summed E-state index contributed by atoms with van der Waals surface area (Å²) in [5.74, 6) is 0.765. The lowest BCUT2D eigenvalue weighted by Crippen LogP contribution is -2.43. The van der Waals surface area contributed by atoms with Crippen molar-refractivity contribution >= 4 is 16.9 Å². The van der Waals surface area contributed by atoms with Gasteiger partial charge >= 0.3 is 6.03 Å². The lowest BCUT2D eigenvalue weighted by atomic mass is 10.1. The molecule has 0 aliphatic carbocycles. The van der Waals surface area contributed by atoms with Crippen LogP contribution in [-0.4, -0.2) is 41.0 Å². The van der Waals surface area contributed by atoms with E-state index in [0.29, 0.717) is 25.2 Å². The molecule has 0 aliphatic heterocycles. The molecule has 1 heterocycles. The molecule has 6 heteroatoms. The highest BCUT2D eigenvalue weighted by Gasteiger charge is 2.21. The number of carbonyl (C=O) groups is 1. The second-order valence-corrected chi connectivity index (χ2v) is 7.32. The fourth-order valence-electron chi connectivity index (χ4n) is 3.59. The van der Waals surface area contributed by atoms with Gasteiger partial charge in [-0.2, -0.15) is 0 Å². The molecule has 3 aromatic rings. The maximum atomic E-state index is 13.2. The van der Waals surface area contributed by atoms with E-state index in [0.717, 1.165) is 27.8 Å². The Bertz CT molecular complexity index is 1070. The summed E-state index contributed by atoms with van der Waals surface area (Å²) in [5.41, 5.74) is 3.24. The fourth-order valence-corrected chi connectivity index (χ4v) is 3.59. The molecule has 0 saturated heterocycles. The maximum Gasteiger partial charge on any atom is 0.320 e. The maximum absolute atomic E-state index is 13.2. The Morgan fingerprint density at radius 1 is 1.00 bits per heavy atom. The minimum absolute atomic E-state index is 0.0837. The number of carbonyl (C=O) groups excluding carboxylic acids is 1. The Kier molecular flexibility index (Phi) is 6.77. The van der Waals surface area contributed by atoms with Gasteiger partial charge in [-0.15, -0.1) is 0 Å². The molecule has 6 nitrogen and oxygen atoms in total. The number of aromatic nitrogens is 1. The van der Waals surface area contributed by atoms with Crippen LogP contribution in [0.1, 0.15) is 30.5 Å². The molecule has 158 valence electrons. The number of H-pyrrole nitrogens is 1. The van der Waals surface area contributed by atoms with Crippen molar-refractivity contribution in [1.82, 2.24) is 14.8 Å². The van der Waals surface area contributed by atoms with Crippen molar-refractivity contribution in [3.8, 4) is 5.75 Å². The van der Waals surface area contributed by atoms with E-state index in [-0.39, 0.29) is 18.1 Å². The highest BCUT2D eigenvalue weighted by molar-refractivity contribution is 5.82. The van der Waals surface area contributed by atoms with Crippen molar-refractivity contribution in [2.45, 2.75) is 33.9 Å². The first-order valence-corrected chi connectivity index (χ1v) is 10.2. The normalized spacial score (nSPS) is 10.8. The van der Waals surface area contributed by atoms with Crippen LogP contribution in [0.4, 0.5) is 4.79 Å². The van der Waals surface area contributed by atoms with Crippen molar-refractivity contribution < 1.29 is 9.53 Å². The molecular weight excluding hydrogens is 378 g/mol. The Balaban J connectivity index is 1.95. The van der Waals surface area contributed by atoms with Crippen LogP contribution in [0, 0.1) is 6.92 Å². The van der Waals surface area contributed by atoms with Crippen LogP contribution in [0.25, 0.3) is 10.9 Å². The zero-order valence-electron chi connectivity index (χ0n) is 18.1. The number of hydrogen-bond donors (Lipinski definition) is 1. The van der Waals surface area contributed by atoms with E-state index in [1.54, 1.807) is 16.9 Å². The van der Waals surface area contributed by atoms with Crippen molar-refractivity contribution in [3.63, 3.8) is 0 Å². The molecule has 2 amide bonds. The molecule has 3 rings (SSSR count). The van der Waals surface area contributed by atoms with E-state index < -0.39 is 0 Å². The Hall–Kier alpha value is -3.28. The van der Waals surface area contributed by atoms with Gasteiger partial charge in [-0.25, -0.2) is 4.79 Å². The average molecular weight is 408 g/mol. The summed E-state index contributed by atoms with van der Waals surface area (Å²) in [5, 5.41) is 0.962. The third-order valence-electron chi connectivity index (χ3n) is 5.36. The van der Waals surface area contributed by atoms with Crippen LogP contribution < -0.4 is 10.3 Å². The first-order chi connectivity index (χ1) is 14.5. The highest BCUT2D eigenvalue weighted by Crippen LogP contribution is 2.18. The van der Waals surface area contributed by atoms with Crippen molar-refractivity contribution in [2.75, 3.05) is 20.2 Å². The topological polar surface area (TPSA) is 65.6 Å². The Morgan fingerprint density at radius 2 is 1.70 bits per heavy atom. The Morgan fingerprint density at radius 3 is 2.33 bits per heavy atom. The van der Waals surface area contributed by atoms with Gasteiger partial charge in [0.1, 0.15) is 5.75 Å². The third kappa shape index (κ3) is 4.64. The number of urea groups is 1. The van der Waals surface area contributed by atoms with Gasteiger partial charge in [0.25, 0.3) is 5.56 Å². The summed E-state index contributed by atoms with van der Waals surface area (Å²) in [6.07, 6.45) is 0. The molecule has 0 saturated carbocycles. The van der Waals surface area contributed by atoms with Gasteiger partial charge in [0.05, 0.1) is 19.2 Å². The molecule has 1 N–H and O–H groups in total. The molecule has 1 aromatic heterocycles. The number of para-hydroxylation sites is 1. The van der Waals surface area contributed by atoms with Gasteiger partial charge in [0.2, 0.25) is 0 Å². The second-order valence-electron chi connectivity index (χ2n) is 7.32. The molecular formula is C24H29N3O3. The highest BCUT2D eigenvalue weighted by atomic mass is 16.5. The van der Waals surface area contributed by atoms with Crippen molar-refractivity contribution in [1.29, 1.82) is 0 Å². The molecule has 0 atom stereocenters. The van der Waals surface area contributed by atoms with Gasteiger partial charge in [-0.3, -0.25) is 4.79 Å². The molecule has 0 aliphatic rings. The van der Waals surface area contributed by atoms with E-state index in [1.807, 2.05) is 69.3 Å². The van der Waals surface area contributed by atoms with Crippen LogP contribution >= 0.6 is 0 Å². The van der Waals surface area contributed by atoms with E-state index >= 15 is 0 Å².